The molecule has 1 saturated heterocycles. The average molecular weight is 616 g/mol. The molecule has 1 fully saturated rings. The van der Waals surface area contributed by atoms with Gasteiger partial charge < -0.3 is 38.4 Å². The van der Waals surface area contributed by atoms with Gasteiger partial charge in [0.1, 0.15) is 11.9 Å². The standard InChI is InChI=1S/C35H53NO8/c1-34(2,3)43-22-21-42-19-15-35(4,5)44-20-18-36-16-13-25(14-17-36)28-11-9-26(23-30(28)40-7)32(37)33(38)27-10-12-29(39-6)31(24-27)41-8/h9-12,23-25,32,37H,13-22H2,1-8H3. The highest BCUT2D eigenvalue weighted by molar-refractivity contribution is 6.00. The number of piperidine rings is 1. The number of rotatable bonds is 17. The second-order valence-corrected chi connectivity index (χ2v) is 12.9. The van der Waals surface area contributed by atoms with E-state index in [1.807, 2.05) is 32.9 Å². The molecule has 0 radical (unpaired) electrons. The Morgan fingerprint density at radius 2 is 1.52 bits per heavy atom. The first-order valence-corrected chi connectivity index (χ1v) is 15.6. The molecule has 2 aromatic rings. The molecular weight excluding hydrogens is 562 g/mol. The summed E-state index contributed by atoms with van der Waals surface area (Å²) in [4.78, 5) is 15.5. The summed E-state index contributed by atoms with van der Waals surface area (Å²) in [6, 6.07) is 10.5. The molecule has 2 aromatic carbocycles. The molecule has 3 rings (SSSR count). The largest absolute Gasteiger partial charge is 0.496 e. The van der Waals surface area contributed by atoms with Gasteiger partial charge in [0.2, 0.25) is 0 Å². The molecule has 0 amide bonds. The van der Waals surface area contributed by atoms with Gasteiger partial charge in [0, 0.05) is 18.7 Å². The Morgan fingerprint density at radius 3 is 2.16 bits per heavy atom. The van der Waals surface area contributed by atoms with Gasteiger partial charge >= 0.3 is 0 Å². The van der Waals surface area contributed by atoms with E-state index in [0.717, 1.165) is 44.5 Å². The third kappa shape index (κ3) is 10.7. The lowest BCUT2D eigenvalue weighted by Crippen LogP contribution is -2.37. The molecule has 246 valence electrons. The van der Waals surface area contributed by atoms with E-state index in [-0.39, 0.29) is 11.2 Å². The predicted octanol–water partition coefficient (Wildman–Crippen LogP) is 5.83. The Hall–Kier alpha value is -2.69. The van der Waals surface area contributed by atoms with Crippen LogP contribution in [0.25, 0.3) is 0 Å². The minimum atomic E-state index is -1.32. The molecule has 1 aliphatic rings. The lowest BCUT2D eigenvalue weighted by atomic mass is 9.87. The van der Waals surface area contributed by atoms with Crippen LogP contribution < -0.4 is 14.2 Å². The van der Waals surface area contributed by atoms with Crippen LogP contribution >= 0.6 is 0 Å². The van der Waals surface area contributed by atoms with Gasteiger partial charge in [-0.15, -0.1) is 0 Å². The second-order valence-electron chi connectivity index (χ2n) is 12.9. The lowest BCUT2D eigenvalue weighted by molar-refractivity contribution is -0.0632. The van der Waals surface area contributed by atoms with Crippen molar-refractivity contribution in [1.29, 1.82) is 0 Å². The molecule has 0 bridgehead atoms. The van der Waals surface area contributed by atoms with Crippen LogP contribution in [0.15, 0.2) is 36.4 Å². The first kappa shape index (κ1) is 35.8. The zero-order valence-electron chi connectivity index (χ0n) is 27.9. The van der Waals surface area contributed by atoms with Gasteiger partial charge in [-0.25, -0.2) is 0 Å². The van der Waals surface area contributed by atoms with E-state index in [2.05, 4.69) is 18.7 Å². The van der Waals surface area contributed by atoms with Crippen LogP contribution in [0.3, 0.4) is 0 Å². The molecule has 1 unspecified atom stereocenters. The molecule has 9 heteroatoms. The number of ketones is 1. The Bertz CT molecular complexity index is 1180. The molecule has 1 atom stereocenters. The van der Waals surface area contributed by atoms with Gasteiger partial charge in [-0.1, -0.05) is 12.1 Å². The van der Waals surface area contributed by atoms with E-state index in [9.17, 15) is 9.90 Å². The summed E-state index contributed by atoms with van der Waals surface area (Å²) < 4.78 is 33.9. The number of carbonyl (C=O) groups excluding carboxylic acids is 1. The lowest BCUT2D eigenvalue weighted by Gasteiger charge is -2.34. The number of nitrogens with zero attached hydrogens (tertiary/aromatic N) is 1. The van der Waals surface area contributed by atoms with Gasteiger partial charge in [0.15, 0.2) is 17.3 Å². The Labute approximate surface area is 263 Å². The smallest absolute Gasteiger partial charge is 0.195 e. The van der Waals surface area contributed by atoms with Crippen molar-refractivity contribution in [3.8, 4) is 17.2 Å². The molecule has 44 heavy (non-hydrogen) atoms. The Kier molecular flexibility index (Phi) is 13.5. The third-order valence-electron chi connectivity index (χ3n) is 8.03. The van der Waals surface area contributed by atoms with Crippen molar-refractivity contribution in [2.24, 2.45) is 0 Å². The number of carbonyl (C=O) groups is 1. The quantitative estimate of drug-likeness (QED) is 0.174. The van der Waals surface area contributed by atoms with Crippen LogP contribution in [0.1, 0.15) is 87.4 Å². The number of ether oxygens (including phenoxy) is 6. The number of hydrogen-bond donors (Lipinski definition) is 1. The fraction of sp³-hybridized carbons (Fsp3) is 0.629. The number of aliphatic hydroxyl groups excluding tert-OH is 1. The number of hydrogen-bond acceptors (Lipinski definition) is 9. The number of benzene rings is 2. The molecule has 1 heterocycles. The summed E-state index contributed by atoms with van der Waals surface area (Å²) >= 11 is 0. The van der Waals surface area contributed by atoms with Crippen molar-refractivity contribution in [2.45, 2.75) is 77.1 Å². The van der Waals surface area contributed by atoms with E-state index in [0.29, 0.717) is 60.7 Å². The molecule has 0 spiro atoms. The minimum Gasteiger partial charge on any atom is -0.496 e. The molecule has 9 nitrogen and oxygen atoms in total. The van der Waals surface area contributed by atoms with Crippen molar-refractivity contribution in [2.75, 3.05) is 67.4 Å². The van der Waals surface area contributed by atoms with Crippen molar-refractivity contribution in [3.05, 3.63) is 53.1 Å². The van der Waals surface area contributed by atoms with Crippen LogP contribution in [0.4, 0.5) is 0 Å². The first-order valence-electron chi connectivity index (χ1n) is 15.6. The van der Waals surface area contributed by atoms with Crippen LogP contribution in [-0.4, -0.2) is 94.4 Å². The number of aliphatic hydroxyl groups is 1. The topological polar surface area (TPSA) is 95.9 Å². The van der Waals surface area contributed by atoms with Crippen molar-refractivity contribution in [3.63, 3.8) is 0 Å². The maximum atomic E-state index is 13.1. The van der Waals surface area contributed by atoms with Crippen LogP contribution in [0, 0.1) is 0 Å². The first-order chi connectivity index (χ1) is 20.9. The maximum absolute atomic E-state index is 13.1. The summed E-state index contributed by atoms with van der Waals surface area (Å²) in [7, 11) is 4.67. The SMILES string of the molecule is COc1ccc(C(=O)C(O)c2ccc(C3CCN(CCOC(C)(C)CCOCCOC(C)(C)C)CC3)c(OC)c2)cc1OC. The summed E-state index contributed by atoms with van der Waals surface area (Å²) in [6.45, 7) is 15.7. The van der Waals surface area contributed by atoms with Gasteiger partial charge in [-0.2, -0.15) is 0 Å². The molecule has 0 saturated carbocycles. The van der Waals surface area contributed by atoms with Gasteiger partial charge in [0.05, 0.1) is 52.4 Å². The number of likely N-dealkylation sites (tertiary alicyclic amines) is 1. The fourth-order valence-electron chi connectivity index (χ4n) is 5.35. The second kappa shape index (κ2) is 16.6. The van der Waals surface area contributed by atoms with E-state index >= 15 is 0 Å². The molecule has 1 aliphatic heterocycles. The average Bonchev–Trinajstić information content (AvgIpc) is 3.01. The minimum absolute atomic E-state index is 0.142. The molecular formula is C35H53NO8. The highest BCUT2D eigenvalue weighted by Gasteiger charge is 2.27. The van der Waals surface area contributed by atoms with E-state index < -0.39 is 11.9 Å². The summed E-state index contributed by atoms with van der Waals surface area (Å²) in [5, 5.41) is 10.9. The van der Waals surface area contributed by atoms with Crippen LogP contribution in [0.2, 0.25) is 0 Å². The monoisotopic (exact) mass is 615 g/mol. The number of Topliss-reactive ketones (excluding diaryl/α,β-unsaturated/α-hetero) is 1. The van der Waals surface area contributed by atoms with Crippen LogP contribution in [-0.2, 0) is 14.2 Å². The maximum Gasteiger partial charge on any atom is 0.195 e. The predicted molar refractivity (Wildman–Crippen MR) is 171 cm³/mol. The zero-order valence-corrected chi connectivity index (χ0v) is 27.9. The van der Waals surface area contributed by atoms with E-state index in [4.69, 9.17) is 28.4 Å². The van der Waals surface area contributed by atoms with Crippen molar-refractivity contribution >= 4 is 5.78 Å². The highest BCUT2D eigenvalue weighted by atomic mass is 16.5. The van der Waals surface area contributed by atoms with Crippen molar-refractivity contribution < 1.29 is 38.3 Å². The van der Waals surface area contributed by atoms with Gasteiger partial charge in [0.25, 0.3) is 0 Å². The van der Waals surface area contributed by atoms with Gasteiger partial charge in [-0.05, 0) is 108 Å². The fourth-order valence-corrected chi connectivity index (χ4v) is 5.35. The highest BCUT2D eigenvalue weighted by Crippen LogP contribution is 2.37. The van der Waals surface area contributed by atoms with Crippen LogP contribution in [0.5, 0.6) is 17.2 Å². The van der Waals surface area contributed by atoms with E-state index in [1.54, 1.807) is 31.4 Å². The van der Waals surface area contributed by atoms with Gasteiger partial charge in [-0.3, -0.25) is 4.79 Å². The summed E-state index contributed by atoms with van der Waals surface area (Å²) in [5.74, 6) is 1.56. The molecule has 1 N–H and O–H groups in total. The van der Waals surface area contributed by atoms with E-state index in [1.165, 1.54) is 14.2 Å². The number of methoxy groups -OCH3 is 3. The third-order valence-corrected chi connectivity index (χ3v) is 8.03. The Balaban J connectivity index is 1.46. The molecule has 0 aromatic heterocycles. The molecule has 0 aliphatic carbocycles. The van der Waals surface area contributed by atoms with Crippen molar-refractivity contribution in [1.82, 2.24) is 4.90 Å². The summed E-state index contributed by atoms with van der Waals surface area (Å²) in [5.41, 5.74) is 1.55. The zero-order chi connectivity index (χ0) is 32.3. The summed E-state index contributed by atoms with van der Waals surface area (Å²) in [6.07, 6.45) is 1.50. The normalized spacial score (nSPS) is 15.7. The Morgan fingerprint density at radius 1 is 0.841 bits per heavy atom.